The highest BCUT2D eigenvalue weighted by atomic mass is 16.7. The molecule has 108 valence electrons. The number of aromatic nitrogens is 1. The van der Waals surface area contributed by atoms with Crippen molar-refractivity contribution in [1.82, 2.24) is 4.98 Å². The molecular weight excluding hydrogens is 286 g/mol. The first-order valence-corrected chi connectivity index (χ1v) is 6.30. The first-order chi connectivity index (χ1) is 10.7. The number of hydrogen-bond donors (Lipinski definition) is 0. The van der Waals surface area contributed by atoms with E-state index in [1.54, 1.807) is 24.4 Å². The van der Waals surface area contributed by atoms with Crippen LogP contribution in [0.1, 0.15) is 11.3 Å². The second-order valence-corrected chi connectivity index (χ2v) is 4.41. The van der Waals surface area contributed by atoms with Crippen molar-refractivity contribution in [3.63, 3.8) is 0 Å². The Labute approximate surface area is 125 Å². The van der Waals surface area contributed by atoms with Crippen molar-refractivity contribution in [3.8, 4) is 17.6 Å². The van der Waals surface area contributed by atoms with Crippen molar-refractivity contribution in [3.05, 3.63) is 57.9 Å². The van der Waals surface area contributed by atoms with Crippen molar-refractivity contribution in [2.75, 3.05) is 6.79 Å². The van der Waals surface area contributed by atoms with Gasteiger partial charge in [0.25, 0.3) is 5.69 Å². The molecule has 22 heavy (non-hydrogen) atoms. The Balaban J connectivity index is 2.13. The van der Waals surface area contributed by atoms with E-state index in [2.05, 4.69) is 4.98 Å². The molecular formula is C15H9N3O4. The number of ether oxygens (including phenoxy) is 2. The number of fused-ring (bicyclic) bond motifs is 1. The van der Waals surface area contributed by atoms with E-state index in [1.165, 1.54) is 18.2 Å². The van der Waals surface area contributed by atoms with E-state index in [1.807, 2.05) is 6.07 Å². The van der Waals surface area contributed by atoms with Crippen molar-refractivity contribution in [2.24, 2.45) is 0 Å². The second kappa shape index (κ2) is 5.54. The van der Waals surface area contributed by atoms with E-state index >= 15 is 0 Å². The van der Waals surface area contributed by atoms with E-state index in [9.17, 15) is 15.4 Å². The highest BCUT2D eigenvalue weighted by Crippen LogP contribution is 2.39. The Morgan fingerprint density at radius 2 is 2.14 bits per heavy atom. The summed E-state index contributed by atoms with van der Waals surface area (Å²) < 4.78 is 10.4. The summed E-state index contributed by atoms with van der Waals surface area (Å²) >= 11 is 0. The minimum absolute atomic E-state index is 0.0189. The monoisotopic (exact) mass is 295 g/mol. The van der Waals surface area contributed by atoms with Crippen LogP contribution in [0.15, 0.2) is 36.5 Å². The molecule has 2 heterocycles. The van der Waals surface area contributed by atoms with Gasteiger partial charge >= 0.3 is 0 Å². The summed E-state index contributed by atoms with van der Waals surface area (Å²) in [5.74, 6) is 0.732. The molecule has 0 saturated carbocycles. The number of benzene rings is 1. The largest absolute Gasteiger partial charge is 0.454 e. The Morgan fingerprint density at radius 1 is 1.36 bits per heavy atom. The molecule has 0 fully saturated rings. The molecule has 0 amide bonds. The molecule has 2 aromatic rings. The average molecular weight is 295 g/mol. The second-order valence-electron chi connectivity index (χ2n) is 4.41. The maximum atomic E-state index is 11.2. The Bertz CT molecular complexity index is 810. The van der Waals surface area contributed by atoms with Gasteiger partial charge in [-0.25, -0.2) is 0 Å². The Kier molecular flexibility index (Phi) is 3.42. The molecule has 1 aromatic heterocycles. The van der Waals surface area contributed by atoms with Gasteiger partial charge in [-0.2, -0.15) is 5.26 Å². The van der Waals surface area contributed by atoms with Crippen LogP contribution >= 0.6 is 0 Å². The zero-order valence-corrected chi connectivity index (χ0v) is 11.2. The van der Waals surface area contributed by atoms with Crippen LogP contribution in [0.25, 0.3) is 11.6 Å². The number of nitriles is 1. The van der Waals surface area contributed by atoms with Crippen molar-refractivity contribution in [2.45, 2.75) is 0 Å². The van der Waals surface area contributed by atoms with Gasteiger partial charge in [-0.15, -0.1) is 0 Å². The third-order valence-corrected chi connectivity index (χ3v) is 3.08. The fraction of sp³-hybridized carbons (Fsp3) is 0.0667. The van der Waals surface area contributed by atoms with E-state index in [0.29, 0.717) is 17.2 Å². The SMILES string of the molecule is N#CC(=Cc1cc2c(cc1[N+](=O)[O-])OCO2)c1ccccn1. The van der Waals surface area contributed by atoms with Gasteiger partial charge in [0.1, 0.15) is 6.07 Å². The van der Waals surface area contributed by atoms with Gasteiger partial charge in [-0.05, 0) is 24.3 Å². The van der Waals surface area contributed by atoms with Gasteiger partial charge in [-0.1, -0.05) is 6.07 Å². The van der Waals surface area contributed by atoms with Crippen LogP contribution in [-0.4, -0.2) is 16.7 Å². The maximum Gasteiger partial charge on any atom is 0.280 e. The lowest BCUT2D eigenvalue weighted by Crippen LogP contribution is -1.93. The minimum atomic E-state index is -0.527. The van der Waals surface area contributed by atoms with Crippen molar-refractivity contribution in [1.29, 1.82) is 5.26 Å². The van der Waals surface area contributed by atoms with Gasteiger partial charge < -0.3 is 9.47 Å². The van der Waals surface area contributed by atoms with Crippen LogP contribution in [-0.2, 0) is 0 Å². The number of rotatable bonds is 3. The summed E-state index contributed by atoms with van der Waals surface area (Å²) in [6.07, 6.45) is 2.97. The molecule has 0 radical (unpaired) electrons. The molecule has 1 aliphatic heterocycles. The number of nitro benzene ring substituents is 1. The van der Waals surface area contributed by atoms with E-state index < -0.39 is 4.92 Å². The smallest absolute Gasteiger partial charge is 0.280 e. The van der Waals surface area contributed by atoms with Gasteiger partial charge in [0.2, 0.25) is 6.79 Å². The van der Waals surface area contributed by atoms with Crippen molar-refractivity contribution < 1.29 is 14.4 Å². The molecule has 0 unspecified atom stereocenters. The van der Waals surface area contributed by atoms with Crippen LogP contribution in [0, 0.1) is 21.4 Å². The van der Waals surface area contributed by atoms with Gasteiger partial charge in [0.05, 0.1) is 27.8 Å². The number of nitro groups is 1. The molecule has 0 aliphatic carbocycles. The highest BCUT2D eigenvalue weighted by molar-refractivity contribution is 5.90. The topological polar surface area (TPSA) is 98.3 Å². The molecule has 0 spiro atoms. The van der Waals surface area contributed by atoms with Crippen LogP contribution in [0.3, 0.4) is 0 Å². The molecule has 0 atom stereocenters. The lowest BCUT2D eigenvalue weighted by molar-refractivity contribution is -0.385. The fourth-order valence-corrected chi connectivity index (χ4v) is 2.06. The normalized spacial score (nSPS) is 12.8. The van der Waals surface area contributed by atoms with E-state index in [4.69, 9.17) is 9.47 Å². The van der Waals surface area contributed by atoms with Gasteiger partial charge in [-0.3, -0.25) is 15.1 Å². The number of pyridine rings is 1. The standard InChI is InChI=1S/C15H9N3O4/c16-8-11(12-3-1-2-4-17-12)5-10-6-14-15(22-9-21-14)7-13(10)18(19)20/h1-7H,9H2. The number of nitrogens with zero attached hydrogens (tertiary/aromatic N) is 3. The zero-order valence-electron chi connectivity index (χ0n) is 11.2. The fourth-order valence-electron chi connectivity index (χ4n) is 2.06. The number of allylic oxidation sites excluding steroid dienone is 1. The first-order valence-electron chi connectivity index (χ1n) is 6.30. The summed E-state index contributed by atoms with van der Waals surface area (Å²) in [4.78, 5) is 14.8. The predicted molar refractivity (Wildman–Crippen MR) is 76.9 cm³/mol. The molecule has 0 N–H and O–H groups in total. The summed E-state index contributed by atoms with van der Waals surface area (Å²) in [6, 6.07) is 9.91. The molecule has 7 heteroatoms. The lowest BCUT2D eigenvalue weighted by Gasteiger charge is -2.02. The van der Waals surface area contributed by atoms with E-state index in [0.717, 1.165) is 0 Å². The minimum Gasteiger partial charge on any atom is -0.454 e. The summed E-state index contributed by atoms with van der Waals surface area (Å²) in [5, 5.41) is 20.5. The van der Waals surface area contributed by atoms with Crippen LogP contribution < -0.4 is 9.47 Å². The van der Waals surface area contributed by atoms with Crippen molar-refractivity contribution >= 4 is 17.3 Å². The zero-order chi connectivity index (χ0) is 15.5. The van der Waals surface area contributed by atoms with Crippen LogP contribution in [0.2, 0.25) is 0 Å². The quantitative estimate of drug-likeness (QED) is 0.490. The summed E-state index contributed by atoms with van der Waals surface area (Å²) in [5.41, 5.74) is 0.768. The molecule has 7 nitrogen and oxygen atoms in total. The third kappa shape index (κ3) is 2.45. The summed E-state index contributed by atoms with van der Waals surface area (Å²) in [7, 11) is 0. The van der Waals surface area contributed by atoms with Gasteiger partial charge in [0, 0.05) is 6.20 Å². The molecule has 0 saturated heterocycles. The van der Waals surface area contributed by atoms with E-state index in [-0.39, 0.29) is 23.6 Å². The molecule has 1 aromatic carbocycles. The average Bonchev–Trinajstić information content (AvgIpc) is 2.99. The summed E-state index contributed by atoms with van der Waals surface area (Å²) in [6.45, 7) is 0.0189. The third-order valence-electron chi connectivity index (χ3n) is 3.08. The van der Waals surface area contributed by atoms with Gasteiger partial charge in [0.15, 0.2) is 11.5 Å². The Morgan fingerprint density at radius 3 is 2.77 bits per heavy atom. The van der Waals surface area contributed by atoms with Crippen LogP contribution in [0.5, 0.6) is 11.5 Å². The highest BCUT2D eigenvalue weighted by Gasteiger charge is 2.22. The molecule has 0 bridgehead atoms. The molecule has 3 rings (SSSR count). The predicted octanol–water partition coefficient (Wildman–Crippen LogP) is 2.78. The maximum absolute atomic E-state index is 11.2. The molecule has 1 aliphatic rings. The lowest BCUT2D eigenvalue weighted by atomic mass is 10.1. The van der Waals surface area contributed by atoms with Crippen LogP contribution in [0.4, 0.5) is 5.69 Å². The number of hydrogen-bond acceptors (Lipinski definition) is 6. The Hall–Kier alpha value is -3.40. The first kappa shape index (κ1) is 13.6.